The summed E-state index contributed by atoms with van der Waals surface area (Å²) in [7, 11) is 1.69. The van der Waals surface area contributed by atoms with Crippen LogP contribution in [-0.4, -0.2) is 37.7 Å². The molecule has 0 radical (unpaired) electrons. The van der Waals surface area contributed by atoms with Gasteiger partial charge < -0.3 is 15.4 Å². The lowest BCUT2D eigenvalue weighted by Crippen LogP contribution is -2.38. The number of aliphatic imine (C=N–C) groups is 1. The number of methoxy groups -OCH3 is 1. The summed E-state index contributed by atoms with van der Waals surface area (Å²) >= 11 is 1.79. The quantitative estimate of drug-likeness (QED) is 0.310. The van der Waals surface area contributed by atoms with Crippen molar-refractivity contribution in [1.82, 2.24) is 15.6 Å². The molecule has 1 heterocycles. The third kappa shape index (κ3) is 8.04. The Balaban J connectivity index is 0.00000364. The third-order valence-electron chi connectivity index (χ3n) is 4.08. The summed E-state index contributed by atoms with van der Waals surface area (Å²) in [5.74, 6) is 1.75. The lowest BCUT2D eigenvalue weighted by atomic mass is 10.1. The van der Waals surface area contributed by atoms with Crippen molar-refractivity contribution in [3.63, 3.8) is 0 Å². The highest BCUT2D eigenvalue weighted by Crippen LogP contribution is 2.18. The van der Waals surface area contributed by atoms with Crippen LogP contribution >= 0.6 is 35.3 Å². The topological polar surface area (TPSA) is 58.5 Å². The molecule has 0 bridgehead atoms. The number of ether oxygens (including phenoxy) is 1. The minimum absolute atomic E-state index is 0. The van der Waals surface area contributed by atoms with Crippen LogP contribution < -0.4 is 15.4 Å². The summed E-state index contributed by atoms with van der Waals surface area (Å²) < 4.78 is 5.19. The molecular formula is C20H31IN4OS. The smallest absolute Gasteiger partial charge is 0.191 e. The minimum Gasteiger partial charge on any atom is -0.497 e. The van der Waals surface area contributed by atoms with Gasteiger partial charge >= 0.3 is 0 Å². The van der Waals surface area contributed by atoms with Crippen molar-refractivity contribution in [2.45, 2.75) is 40.0 Å². The Kier molecular flexibility index (Phi) is 11.3. The highest BCUT2D eigenvalue weighted by Gasteiger charge is 2.05. The van der Waals surface area contributed by atoms with E-state index in [0.29, 0.717) is 0 Å². The van der Waals surface area contributed by atoms with Crippen LogP contribution in [0.5, 0.6) is 5.75 Å². The lowest BCUT2D eigenvalue weighted by Gasteiger charge is -2.11. The first-order chi connectivity index (χ1) is 12.7. The van der Waals surface area contributed by atoms with Crippen LogP contribution in [0, 0.1) is 6.92 Å². The van der Waals surface area contributed by atoms with E-state index in [1.165, 1.54) is 21.1 Å². The maximum absolute atomic E-state index is 5.19. The molecule has 2 rings (SSSR count). The fourth-order valence-electron chi connectivity index (χ4n) is 2.65. The summed E-state index contributed by atoms with van der Waals surface area (Å²) in [4.78, 5) is 10.7. The molecule has 2 aromatic rings. The first-order valence-electron chi connectivity index (χ1n) is 9.26. The molecule has 0 saturated carbocycles. The molecule has 0 saturated heterocycles. The molecule has 0 fully saturated rings. The van der Waals surface area contributed by atoms with Gasteiger partial charge in [0.05, 0.1) is 17.8 Å². The van der Waals surface area contributed by atoms with Crippen LogP contribution in [0.3, 0.4) is 0 Å². The van der Waals surface area contributed by atoms with Crippen molar-refractivity contribution in [2.75, 3.05) is 26.7 Å². The number of thiazole rings is 1. The molecule has 7 heteroatoms. The molecule has 0 atom stereocenters. The van der Waals surface area contributed by atoms with E-state index in [2.05, 4.69) is 53.5 Å². The van der Waals surface area contributed by atoms with Crippen LogP contribution in [-0.2, 0) is 19.3 Å². The van der Waals surface area contributed by atoms with Crippen molar-refractivity contribution in [1.29, 1.82) is 0 Å². The third-order valence-corrected chi connectivity index (χ3v) is 5.15. The number of hydrogen-bond donors (Lipinski definition) is 2. The Bertz CT molecular complexity index is 701. The summed E-state index contributed by atoms with van der Waals surface area (Å²) in [5.41, 5.74) is 2.50. The number of hydrogen-bond acceptors (Lipinski definition) is 4. The van der Waals surface area contributed by atoms with Crippen molar-refractivity contribution >= 4 is 41.3 Å². The van der Waals surface area contributed by atoms with E-state index in [9.17, 15) is 0 Å². The van der Waals surface area contributed by atoms with Crippen molar-refractivity contribution in [2.24, 2.45) is 4.99 Å². The number of benzene rings is 1. The first-order valence-corrected chi connectivity index (χ1v) is 10.1. The molecule has 0 aliphatic heterocycles. The summed E-state index contributed by atoms with van der Waals surface area (Å²) in [6.07, 6.45) is 2.83. The van der Waals surface area contributed by atoms with Gasteiger partial charge in [0.25, 0.3) is 0 Å². The highest BCUT2D eigenvalue weighted by atomic mass is 127. The number of aromatic nitrogens is 1. The van der Waals surface area contributed by atoms with Crippen LogP contribution in [0.1, 0.15) is 35.0 Å². The van der Waals surface area contributed by atoms with E-state index in [1.54, 1.807) is 18.4 Å². The van der Waals surface area contributed by atoms with E-state index in [1.807, 2.05) is 12.1 Å². The average Bonchev–Trinajstić information content (AvgIpc) is 3.02. The van der Waals surface area contributed by atoms with E-state index < -0.39 is 0 Å². The van der Waals surface area contributed by atoms with E-state index in [4.69, 9.17) is 4.74 Å². The Hall–Kier alpha value is -1.35. The van der Waals surface area contributed by atoms with Crippen LogP contribution in [0.25, 0.3) is 0 Å². The van der Waals surface area contributed by atoms with Gasteiger partial charge in [-0.1, -0.05) is 19.1 Å². The molecule has 0 spiro atoms. The normalized spacial score (nSPS) is 11.0. The zero-order chi connectivity index (χ0) is 18.8. The van der Waals surface area contributed by atoms with Gasteiger partial charge in [0.15, 0.2) is 5.96 Å². The van der Waals surface area contributed by atoms with Gasteiger partial charge in [0.1, 0.15) is 5.75 Å². The maximum atomic E-state index is 5.19. The largest absolute Gasteiger partial charge is 0.497 e. The molecule has 5 nitrogen and oxygen atoms in total. The molecular weight excluding hydrogens is 471 g/mol. The predicted molar refractivity (Wildman–Crippen MR) is 126 cm³/mol. The van der Waals surface area contributed by atoms with Gasteiger partial charge in [0.2, 0.25) is 0 Å². The molecule has 1 aromatic heterocycles. The van der Waals surface area contributed by atoms with E-state index in [0.717, 1.165) is 50.6 Å². The number of guanidine groups is 1. The highest BCUT2D eigenvalue weighted by molar-refractivity contribution is 14.0. The lowest BCUT2D eigenvalue weighted by molar-refractivity contribution is 0.414. The summed E-state index contributed by atoms with van der Waals surface area (Å²) in [5, 5.41) is 7.88. The van der Waals surface area contributed by atoms with Crippen LogP contribution in [0.4, 0.5) is 0 Å². The Morgan fingerprint density at radius 2 is 1.89 bits per heavy atom. The van der Waals surface area contributed by atoms with E-state index in [-0.39, 0.29) is 24.0 Å². The van der Waals surface area contributed by atoms with Crippen molar-refractivity contribution in [3.8, 4) is 5.75 Å². The van der Waals surface area contributed by atoms with Gasteiger partial charge in [-0.25, -0.2) is 4.98 Å². The molecule has 2 N–H and O–H groups in total. The monoisotopic (exact) mass is 502 g/mol. The molecule has 0 aliphatic rings. The molecule has 1 aromatic carbocycles. The average molecular weight is 502 g/mol. The zero-order valence-corrected chi connectivity index (χ0v) is 19.8. The second-order valence-corrected chi connectivity index (χ2v) is 7.29. The van der Waals surface area contributed by atoms with Crippen molar-refractivity contribution in [3.05, 3.63) is 45.4 Å². The van der Waals surface area contributed by atoms with Crippen molar-refractivity contribution < 1.29 is 4.74 Å². The predicted octanol–water partition coefficient (Wildman–Crippen LogP) is 3.98. The summed E-state index contributed by atoms with van der Waals surface area (Å²) in [6, 6.07) is 8.19. The number of nitrogens with one attached hydrogen (secondary N) is 2. The SMILES string of the molecule is CCNC(=NCCc1nc(CC)c(C)s1)NCCc1ccc(OC)cc1.I. The fraction of sp³-hybridized carbons (Fsp3) is 0.500. The molecule has 150 valence electrons. The number of nitrogens with zero attached hydrogens (tertiary/aromatic N) is 2. The molecule has 27 heavy (non-hydrogen) atoms. The minimum atomic E-state index is 0. The van der Waals surface area contributed by atoms with Gasteiger partial charge in [-0.2, -0.15) is 0 Å². The zero-order valence-electron chi connectivity index (χ0n) is 16.7. The Labute approximate surface area is 184 Å². The Morgan fingerprint density at radius 3 is 2.48 bits per heavy atom. The van der Waals surface area contributed by atoms with Gasteiger partial charge in [-0.15, -0.1) is 35.3 Å². The molecule has 0 amide bonds. The first kappa shape index (κ1) is 23.7. The Morgan fingerprint density at radius 1 is 1.15 bits per heavy atom. The standard InChI is InChI=1S/C20H30N4OS.HI/c1-5-18-15(3)26-19(24-18)12-14-23-20(21-6-2)22-13-11-16-7-9-17(25-4)10-8-16;/h7-10H,5-6,11-14H2,1-4H3,(H2,21,22,23);1H. The van der Waals surface area contributed by atoms with Gasteiger partial charge in [0, 0.05) is 30.9 Å². The van der Waals surface area contributed by atoms with Gasteiger partial charge in [-0.05, 0) is 44.4 Å². The molecule has 0 aliphatic carbocycles. The maximum Gasteiger partial charge on any atom is 0.191 e. The number of halogens is 1. The van der Waals surface area contributed by atoms with Gasteiger partial charge in [-0.3, -0.25) is 4.99 Å². The summed E-state index contributed by atoms with van der Waals surface area (Å²) in [6.45, 7) is 8.82. The van der Waals surface area contributed by atoms with Crippen LogP contribution in [0.15, 0.2) is 29.3 Å². The second-order valence-electron chi connectivity index (χ2n) is 6.00. The number of rotatable bonds is 9. The fourth-order valence-corrected chi connectivity index (χ4v) is 3.66. The second kappa shape index (κ2) is 12.9. The molecule has 0 unspecified atom stereocenters. The van der Waals surface area contributed by atoms with Crippen LogP contribution in [0.2, 0.25) is 0 Å². The van der Waals surface area contributed by atoms with E-state index >= 15 is 0 Å². The number of aryl methyl sites for hydroxylation is 2.